The summed E-state index contributed by atoms with van der Waals surface area (Å²) in [4.78, 5) is 0. The normalized spacial score (nSPS) is 12.8. The maximum atomic E-state index is 12.9. The Morgan fingerprint density at radius 1 is 1.44 bits per heavy atom. The monoisotopic (exact) mass is 225 g/mol. The second-order valence-corrected chi connectivity index (χ2v) is 3.92. The number of hydrogen-bond acceptors (Lipinski definition) is 2. The third-order valence-corrected chi connectivity index (χ3v) is 2.70. The Balaban J connectivity index is 2.62. The summed E-state index contributed by atoms with van der Waals surface area (Å²) in [5.74, 6) is -0.174. The van der Waals surface area contributed by atoms with E-state index in [-0.39, 0.29) is 11.9 Å². The molecule has 0 radical (unpaired) electrons. The molecule has 2 nitrogen and oxygen atoms in total. The molecule has 0 aromatic heterocycles. The van der Waals surface area contributed by atoms with E-state index < -0.39 is 0 Å². The summed E-state index contributed by atoms with van der Waals surface area (Å²) >= 11 is 0. The molecule has 0 heterocycles. The van der Waals surface area contributed by atoms with Crippen LogP contribution in [0, 0.1) is 12.7 Å². The van der Waals surface area contributed by atoms with E-state index in [2.05, 4.69) is 5.32 Å². The van der Waals surface area contributed by atoms with Crippen molar-refractivity contribution >= 4 is 0 Å². The zero-order valence-electron chi connectivity index (χ0n) is 10.2. The van der Waals surface area contributed by atoms with Crippen LogP contribution in [-0.4, -0.2) is 26.3 Å². The van der Waals surface area contributed by atoms with E-state index in [0.29, 0.717) is 6.61 Å². The van der Waals surface area contributed by atoms with E-state index in [9.17, 15) is 4.39 Å². The van der Waals surface area contributed by atoms with Crippen molar-refractivity contribution in [3.8, 4) is 0 Å². The van der Waals surface area contributed by atoms with Crippen LogP contribution in [0.3, 0.4) is 0 Å². The van der Waals surface area contributed by atoms with Gasteiger partial charge in [-0.15, -0.1) is 0 Å². The summed E-state index contributed by atoms with van der Waals surface area (Å²) in [5, 5.41) is 3.21. The van der Waals surface area contributed by atoms with Gasteiger partial charge in [0.15, 0.2) is 0 Å². The molecule has 0 saturated heterocycles. The Hall–Kier alpha value is -0.930. The largest absolute Gasteiger partial charge is 0.380 e. The van der Waals surface area contributed by atoms with Crippen molar-refractivity contribution in [2.75, 3.05) is 20.3 Å². The lowest BCUT2D eigenvalue weighted by atomic mass is 10.0. The number of halogens is 1. The number of ether oxygens (including phenoxy) is 1. The van der Waals surface area contributed by atoms with Crippen molar-refractivity contribution in [2.24, 2.45) is 0 Å². The van der Waals surface area contributed by atoms with Crippen LogP contribution in [0.2, 0.25) is 0 Å². The average Bonchev–Trinajstić information content (AvgIpc) is 2.27. The molecule has 0 bridgehead atoms. The van der Waals surface area contributed by atoms with Gasteiger partial charge in [-0.25, -0.2) is 4.39 Å². The molecule has 0 fully saturated rings. The number of aryl methyl sites for hydroxylation is 1. The maximum absolute atomic E-state index is 12.9. The van der Waals surface area contributed by atoms with Crippen molar-refractivity contribution < 1.29 is 9.13 Å². The Kier molecular flexibility index (Phi) is 5.43. The predicted molar refractivity (Wildman–Crippen MR) is 64.2 cm³/mol. The summed E-state index contributed by atoms with van der Waals surface area (Å²) in [7, 11) is 1.92. The van der Waals surface area contributed by atoms with Crippen molar-refractivity contribution in [3.63, 3.8) is 0 Å². The van der Waals surface area contributed by atoms with Gasteiger partial charge < -0.3 is 10.1 Å². The van der Waals surface area contributed by atoms with Crippen LogP contribution in [0.15, 0.2) is 18.2 Å². The van der Waals surface area contributed by atoms with Gasteiger partial charge in [0.05, 0.1) is 6.61 Å². The molecule has 0 aliphatic heterocycles. The Morgan fingerprint density at radius 3 is 2.75 bits per heavy atom. The summed E-state index contributed by atoms with van der Waals surface area (Å²) < 4.78 is 18.3. The van der Waals surface area contributed by atoms with E-state index in [0.717, 1.165) is 18.6 Å². The van der Waals surface area contributed by atoms with Crippen molar-refractivity contribution in [1.29, 1.82) is 0 Å². The summed E-state index contributed by atoms with van der Waals surface area (Å²) in [6.45, 7) is 5.33. The molecular weight excluding hydrogens is 205 g/mol. The van der Waals surface area contributed by atoms with Crippen LogP contribution in [0.1, 0.15) is 18.1 Å². The number of nitrogens with one attached hydrogen (secondary N) is 1. The molecule has 0 aliphatic carbocycles. The van der Waals surface area contributed by atoms with Crippen LogP contribution >= 0.6 is 0 Å². The van der Waals surface area contributed by atoms with Gasteiger partial charge in [-0.3, -0.25) is 0 Å². The first-order chi connectivity index (χ1) is 7.67. The van der Waals surface area contributed by atoms with E-state index in [1.54, 1.807) is 6.07 Å². The van der Waals surface area contributed by atoms with Crippen molar-refractivity contribution in [3.05, 3.63) is 35.1 Å². The van der Waals surface area contributed by atoms with E-state index in [1.807, 2.05) is 27.0 Å². The van der Waals surface area contributed by atoms with Crippen LogP contribution < -0.4 is 5.32 Å². The number of benzene rings is 1. The summed E-state index contributed by atoms with van der Waals surface area (Å²) in [6.07, 6.45) is 0.864. The highest BCUT2D eigenvalue weighted by Crippen LogP contribution is 2.12. The summed E-state index contributed by atoms with van der Waals surface area (Å²) in [5.41, 5.74) is 2.16. The molecule has 1 atom stereocenters. The van der Waals surface area contributed by atoms with Gasteiger partial charge >= 0.3 is 0 Å². The number of hydrogen-bond donors (Lipinski definition) is 1. The molecule has 1 aromatic carbocycles. The second-order valence-electron chi connectivity index (χ2n) is 3.92. The molecular formula is C13H20FNO. The third kappa shape index (κ3) is 3.91. The van der Waals surface area contributed by atoms with E-state index in [1.165, 1.54) is 11.6 Å². The topological polar surface area (TPSA) is 21.3 Å². The number of rotatable bonds is 6. The first-order valence-electron chi connectivity index (χ1n) is 5.67. The van der Waals surface area contributed by atoms with Crippen LogP contribution in [0.25, 0.3) is 0 Å². The van der Waals surface area contributed by atoms with E-state index in [4.69, 9.17) is 4.74 Å². The van der Waals surface area contributed by atoms with Gasteiger partial charge in [0, 0.05) is 12.6 Å². The molecule has 1 N–H and O–H groups in total. The predicted octanol–water partition coefficient (Wildman–Crippen LogP) is 2.30. The number of likely N-dealkylation sites (N-methyl/N-ethyl adjacent to an activating group) is 1. The maximum Gasteiger partial charge on any atom is 0.123 e. The first kappa shape index (κ1) is 13.1. The highest BCUT2D eigenvalue weighted by molar-refractivity contribution is 5.27. The van der Waals surface area contributed by atoms with Gasteiger partial charge in [0.2, 0.25) is 0 Å². The van der Waals surface area contributed by atoms with Gasteiger partial charge in [0.25, 0.3) is 0 Å². The molecule has 3 heteroatoms. The smallest absolute Gasteiger partial charge is 0.123 e. The SMILES string of the molecule is CCOCC(Cc1ccc(F)cc1C)NC. The molecule has 1 rings (SSSR count). The fraction of sp³-hybridized carbons (Fsp3) is 0.538. The lowest BCUT2D eigenvalue weighted by molar-refractivity contribution is 0.125. The first-order valence-corrected chi connectivity index (χ1v) is 5.67. The lowest BCUT2D eigenvalue weighted by Gasteiger charge is -2.17. The van der Waals surface area contributed by atoms with Crippen LogP contribution in [0.4, 0.5) is 4.39 Å². The molecule has 1 unspecified atom stereocenters. The summed E-state index contributed by atoms with van der Waals surface area (Å²) in [6, 6.07) is 5.21. The molecule has 0 saturated carbocycles. The Labute approximate surface area is 96.8 Å². The van der Waals surface area contributed by atoms with Gasteiger partial charge in [-0.2, -0.15) is 0 Å². The highest BCUT2D eigenvalue weighted by atomic mass is 19.1. The van der Waals surface area contributed by atoms with Crippen LogP contribution in [-0.2, 0) is 11.2 Å². The van der Waals surface area contributed by atoms with Crippen molar-refractivity contribution in [2.45, 2.75) is 26.3 Å². The van der Waals surface area contributed by atoms with Gasteiger partial charge in [-0.1, -0.05) is 6.07 Å². The fourth-order valence-electron chi connectivity index (χ4n) is 1.66. The minimum Gasteiger partial charge on any atom is -0.380 e. The molecule has 0 spiro atoms. The lowest BCUT2D eigenvalue weighted by Crippen LogP contribution is -2.32. The zero-order valence-corrected chi connectivity index (χ0v) is 10.2. The third-order valence-electron chi connectivity index (χ3n) is 2.70. The minimum atomic E-state index is -0.174. The molecule has 0 amide bonds. The van der Waals surface area contributed by atoms with Gasteiger partial charge in [0.1, 0.15) is 5.82 Å². The zero-order chi connectivity index (χ0) is 12.0. The second kappa shape index (κ2) is 6.61. The molecule has 0 aliphatic rings. The molecule has 16 heavy (non-hydrogen) atoms. The highest BCUT2D eigenvalue weighted by Gasteiger charge is 2.09. The van der Waals surface area contributed by atoms with E-state index >= 15 is 0 Å². The van der Waals surface area contributed by atoms with Gasteiger partial charge in [-0.05, 0) is 50.6 Å². The average molecular weight is 225 g/mol. The fourth-order valence-corrected chi connectivity index (χ4v) is 1.66. The standard InChI is InChI=1S/C13H20FNO/c1-4-16-9-13(15-3)8-11-5-6-12(14)7-10(11)2/h5-7,13,15H,4,8-9H2,1-3H3. The molecule has 1 aromatic rings. The van der Waals surface area contributed by atoms with Crippen LogP contribution in [0.5, 0.6) is 0 Å². The Morgan fingerprint density at radius 2 is 2.19 bits per heavy atom. The quantitative estimate of drug-likeness (QED) is 0.802. The Bertz CT molecular complexity index is 328. The van der Waals surface area contributed by atoms with Crippen molar-refractivity contribution in [1.82, 2.24) is 5.32 Å². The minimum absolute atomic E-state index is 0.174. The molecule has 90 valence electrons.